The van der Waals surface area contributed by atoms with Gasteiger partial charge < -0.3 is 15.0 Å². The SMILES string of the molecule is CCCc1ccccc1C(N)=NP(=S)(OC(C)=CC(=O)OC)C(C)C. The lowest BCUT2D eigenvalue weighted by Gasteiger charge is -2.24. The molecular formula is C18H27N2O3PS. The zero-order valence-electron chi connectivity index (χ0n) is 15.5. The van der Waals surface area contributed by atoms with E-state index in [0.717, 1.165) is 24.0 Å². The van der Waals surface area contributed by atoms with Crippen LogP contribution in [-0.2, 0) is 32.3 Å². The van der Waals surface area contributed by atoms with Gasteiger partial charge in [-0.3, -0.25) is 0 Å². The Morgan fingerprint density at radius 1 is 1.40 bits per heavy atom. The van der Waals surface area contributed by atoms with Gasteiger partial charge in [0.1, 0.15) is 11.6 Å². The zero-order valence-corrected chi connectivity index (χ0v) is 17.2. The molecule has 0 fully saturated rings. The fourth-order valence-electron chi connectivity index (χ4n) is 2.16. The number of carbonyl (C=O) groups is 1. The number of allylic oxidation sites excluding steroid dienone is 1. The largest absolute Gasteiger partial charge is 0.466 e. The molecule has 138 valence electrons. The van der Waals surface area contributed by atoms with Crippen LogP contribution in [-0.4, -0.2) is 24.6 Å². The first-order valence-corrected chi connectivity index (χ1v) is 11.0. The summed E-state index contributed by atoms with van der Waals surface area (Å²) in [6.45, 7) is 7.67. The highest BCUT2D eigenvalue weighted by Crippen LogP contribution is 2.55. The Morgan fingerprint density at radius 3 is 2.60 bits per heavy atom. The minimum atomic E-state index is -2.65. The maximum absolute atomic E-state index is 11.4. The van der Waals surface area contributed by atoms with Gasteiger partial charge in [0.25, 0.3) is 0 Å². The van der Waals surface area contributed by atoms with Crippen molar-refractivity contribution >= 4 is 30.0 Å². The Morgan fingerprint density at radius 2 is 2.04 bits per heavy atom. The van der Waals surface area contributed by atoms with E-state index >= 15 is 0 Å². The van der Waals surface area contributed by atoms with Gasteiger partial charge in [0.05, 0.1) is 13.2 Å². The molecule has 1 rings (SSSR count). The van der Waals surface area contributed by atoms with Crippen molar-refractivity contribution in [3.8, 4) is 0 Å². The third-order valence-electron chi connectivity index (χ3n) is 3.51. The monoisotopic (exact) mass is 382 g/mol. The molecule has 0 spiro atoms. The molecule has 2 N–H and O–H groups in total. The molecule has 0 amide bonds. The molecule has 25 heavy (non-hydrogen) atoms. The summed E-state index contributed by atoms with van der Waals surface area (Å²) in [5.74, 6) is 0.266. The number of ether oxygens (including phenoxy) is 1. The van der Waals surface area contributed by atoms with E-state index in [4.69, 9.17) is 22.1 Å². The van der Waals surface area contributed by atoms with Gasteiger partial charge in [0.15, 0.2) is 0 Å². The zero-order chi connectivity index (χ0) is 19.0. The first-order valence-electron chi connectivity index (χ1n) is 8.23. The number of nitrogens with two attached hydrogens (primary N) is 1. The molecule has 0 heterocycles. The van der Waals surface area contributed by atoms with Crippen molar-refractivity contribution in [3.63, 3.8) is 0 Å². The van der Waals surface area contributed by atoms with Crippen molar-refractivity contribution in [3.05, 3.63) is 47.2 Å². The summed E-state index contributed by atoms with van der Waals surface area (Å²) in [5.41, 5.74) is 8.27. The number of methoxy groups -OCH3 is 1. The average Bonchev–Trinajstić information content (AvgIpc) is 2.54. The van der Waals surface area contributed by atoms with E-state index < -0.39 is 12.4 Å². The highest BCUT2D eigenvalue weighted by molar-refractivity contribution is 8.12. The first kappa shape index (κ1) is 21.4. The number of nitrogens with zero attached hydrogens (tertiary/aromatic N) is 1. The summed E-state index contributed by atoms with van der Waals surface area (Å²) in [7, 11) is 1.31. The van der Waals surface area contributed by atoms with Crippen molar-refractivity contribution in [2.45, 2.75) is 46.2 Å². The summed E-state index contributed by atoms with van der Waals surface area (Å²) in [5, 5.41) is 0. The second-order valence-corrected chi connectivity index (χ2v) is 10.0. The Kier molecular flexibility index (Phi) is 8.33. The molecule has 7 heteroatoms. The minimum Gasteiger partial charge on any atom is -0.466 e. The van der Waals surface area contributed by atoms with Crippen LogP contribution in [0.15, 0.2) is 40.9 Å². The molecule has 1 unspecified atom stereocenters. The highest BCUT2D eigenvalue weighted by atomic mass is 32.4. The number of amidine groups is 1. The Balaban J connectivity index is 3.23. The van der Waals surface area contributed by atoms with Crippen LogP contribution in [0.25, 0.3) is 0 Å². The standard InChI is InChI=1S/C18H27N2O3PS/c1-6-9-15-10-7-8-11-16(15)18(19)20-24(25,13(2)3)23-14(4)12-17(21)22-5/h7-8,10-13H,6,9H2,1-5H3,(H2,19,20,25). The van der Waals surface area contributed by atoms with E-state index in [1.54, 1.807) is 6.92 Å². The van der Waals surface area contributed by atoms with Crippen molar-refractivity contribution < 1.29 is 14.1 Å². The van der Waals surface area contributed by atoms with Gasteiger partial charge in [0, 0.05) is 11.2 Å². The molecule has 0 aliphatic heterocycles. The van der Waals surface area contributed by atoms with Crippen molar-refractivity contribution in [1.29, 1.82) is 0 Å². The molecule has 1 aromatic carbocycles. The lowest BCUT2D eigenvalue weighted by Crippen LogP contribution is -2.17. The number of benzene rings is 1. The summed E-state index contributed by atoms with van der Waals surface area (Å²) in [6, 6.07) is 7.91. The van der Waals surface area contributed by atoms with Crippen LogP contribution in [0.4, 0.5) is 0 Å². The molecule has 0 radical (unpaired) electrons. The van der Waals surface area contributed by atoms with Crippen LogP contribution < -0.4 is 5.73 Å². The van der Waals surface area contributed by atoms with Crippen LogP contribution in [0.5, 0.6) is 0 Å². The van der Waals surface area contributed by atoms with E-state index in [9.17, 15) is 4.79 Å². The molecule has 0 aliphatic carbocycles. The van der Waals surface area contributed by atoms with E-state index in [0.29, 0.717) is 11.6 Å². The second-order valence-electron chi connectivity index (χ2n) is 5.92. The maximum atomic E-state index is 11.4. The Labute approximate surface area is 155 Å². The Bertz CT molecular complexity index is 714. The number of hydrogen-bond acceptors (Lipinski definition) is 4. The number of rotatable bonds is 8. The molecule has 0 aromatic heterocycles. The van der Waals surface area contributed by atoms with Gasteiger partial charge in [-0.1, -0.05) is 51.5 Å². The molecule has 0 saturated heterocycles. The fraction of sp³-hybridized carbons (Fsp3) is 0.444. The normalized spacial score (nSPS) is 15.0. The molecular weight excluding hydrogens is 355 g/mol. The van der Waals surface area contributed by atoms with Crippen molar-refractivity contribution in [2.75, 3.05) is 7.11 Å². The van der Waals surface area contributed by atoms with Gasteiger partial charge in [0.2, 0.25) is 6.42 Å². The van der Waals surface area contributed by atoms with Crippen LogP contribution in [0.2, 0.25) is 0 Å². The highest BCUT2D eigenvalue weighted by Gasteiger charge is 2.25. The lowest BCUT2D eigenvalue weighted by atomic mass is 10.0. The predicted molar refractivity (Wildman–Crippen MR) is 107 cm³/mol. The summed E-state index contributed by atoms with van der Waals surface area (Å²) < 4.78 is 15.1. The summed E-state index contributed by atoms with van der Waals surface area (Å²) in [4.78, 5) is 11.4. The smallest absolute Gasteiger partial charge is 0.333 e. The van der Waals surface area contributed by atoms with Crippen LogP contribution in [0, 0.1) is 0 Å². The van der Waals surface area contributed by atoms with Crippen LogP contribution >= 0.6 is 6.42 Å². The molecule has 0 bridgehead atoms. The number of carbonyl (C=O) groups excluding carboxylic acids is 1. The first-order chi connectivity index (χ1) is 11.7. The van der Waals surface area contributed by atoms with E-state index in [1.165, 1.54) is 13.2 Å². The van der Waals surface area contributed by atoms with E-state index in [2.05, 4.69) is 16.4 Å². The van der Waals surface area contributed by atoms with Crippen LogP contribution in [0.1, 0.15) is 45.2 Å². The van der Waals surface area contributed by atoms with Gasteiger partial charge in [-0.25, -0.2) is 4.79 Å². The minimum absolute atomic E-state index is 0.0274. The van der Waals surface area contributed by atoms with Gasteiger partial charge in [-0.15, -0.1) is 0 Å². The van der Waals surface area contributed by atoms with Gasteiger partial charge >= 0.3 is 5.97 Å². The number of esters is 1. The van der Waals surface area contributed by atoms with E-state index in [1.807, 2.05) is 38.1 Å². The molecule has 0 saturated carbocycles. The molecule has 1 atom stereocenters. The van der Waals surface area contributed by atoms with Crippen LogP contribution in [0.3, 0.4) is 0 Å². The third kappa shape index (κ3) is 6.29. The van der Waals surface area contributed by atoms with E-state index in [-0.39, 0.29) is 5.66 Å². The quantitative estimate of drug-likeness (QED) is 0.183. The van der Waals surface area contributed by atoms with Crippen molar-refractivity contribution in [1.82, 2.24) is 0 Å². The number of aryl methyl sites for hydroxylation is 1. The second kappa shape index (κ2) is 9.73. The van der Waals surface area contributed by atoms with Gasteiger partial charge in [-0.05, 0) is 30.7 Å². The fourth-order valence-corrected chi connectivity index (χ4v) is 4.13. The summed E-state index contributed by atoms with van der Waals surface area (Å²) >= 11 is 5.70. The lowest BCUT2D eigenvalue weighted by molar-refractivity contribution is -0.135. The van der Waals surface area contributed by atoms with Gasteiger partial charge in [-0.2, -0.15) is 4.76 Å². The third-order valence-corrected chi connectivity index (χ3v) is 7.59. The number of hydrogen-bond donors (Lipinski definition) is 1. The maximum Gasteiger partial charge on any atom is 0.333 e. The Hall–Kier alpha value is -1.65. The average molecular weight is 382 g/mol. The summed E-state index contributed by atoms with van der Waals surface area (Å²) in [6.07, 6.45) is 0.540. The van der Waals surface area contributed by atoms with Crippen molar-refractivity contribution in [2.24, 2.45) is 10.5 Å². The molecule has 5 nitrogen and oxygen atoms in total. The molecule has 1 aromatic rings. The topological polar surface area (TPSA) is 73.9 Å². The predicted octanol–water partition coefficient (Wildman–Crippen LogP) is 4.16. The molecule has 0 aliphatic rings.